The summed E-state index contributed by atoms with van der Waals surface area (Å²) in [6.07, 6.45) is -0.605. The number of carbonyl (C=O) groups excluding carboxylic acids is 1. The van der Waals surface area contributed by atoms with Crippen molar-refractivity contribution in [3.05, 3.63) is 95.3 Å². The highest BCUT2D eigenvalue weighted by atomic mass is 32.2. The molecule has 2 aromatic carbocycles. The highest BCUT2D eigenvalue weighted by molar-refractivity contribution is 7.92. The van der Waals surface area contributed by atoms with E-state index in [4.69, 9.17) is 0 Å². The van der Waals surface area contributed by atoms with Crippen LogP contribution in [0.5, 0.6) is 0 Å². The lowest BCUT2D eigenvalue weighted by Crippen LogP contribution is -2.27. The number of anilines is 2. The molecule has 0 aliphatic rings. The minimum absolute atomic E-state index is 0.0859. The SMILES string of the molecule is O=C(Cn1cnc(-c2ccc(C(F)(F)F)cc2)cc1=O)Nc1ccc(S(=O)(=O)Nc2ncccn2)cc1. The van der Waals surface area contributed by atoms with E-state index in [2.05, 4.69) is 25.0 Å². The second-order valence-electron chi connectivity index (χ2n) is 7.57. The molecule has 0 bridgehead atoms. The number of nitrogens with one attached hydrogen (secondary N) is 2. The monoisotopic (exact) mass is 530 g/mol. The molecule has 0 atom stereocenters. The predicted octanol–water partition coefficient (Wildman–Crippen LogP) is 3.16. The van der Waals surface area contributed by atoms with E-state index in [9.17, 15) is 31.2 Å². The number of carbonyl (C=O) groups is 1. The molecule has 0 aliphatic carbocycles. The zero-order chi connectivity index (χ0) is 26.6. The molecule has 1 amide bonds. The van der Waals surface area contributed by atoms with Crippen LogP contribution in [-0.2, 0) is 27.5 Å². The first-order valence-corrected chi connectivity index (χ1v) is 11.9. The van der Waals surface area contributed by atoms with E-state index in [0.29, 0.717) is 5.56 Å². The van der Waals surface area contributed by atoms with Gasteiger partial charge in [-0.2, -0.15) is 13.2 Å². The van der Waals surface area contributed by atoms with Crippen LogP contribution in [0.3, 0.4) is 0 Å². The Labute approximate surface area is 207 Å². The number of amides is 1. The fraction of sp³-hybridized carbons (Fsp3) is 0.0870. The molecule has 4 rings (SSSR count). The molecule has 0 saturated carbocycles. The molecule has 0 unspecified atom stereocenters. The minimum atomic E-state index is -4.48. The zero-order valence-electron chi connectivity index (χ0n) is 18.7. The number of aromatic nitrogens is 4. The Bertz CT molecular complexity index is 1570. The van der Waals surface area contributed by atoms with E-state index < -0.39 is 39.8 Å². The summed E-state index contributed by atoms with van der Waals surface area (Å²) in [7, 11) is -3.95. The van der Waals surface area contributed by atoms with Crippen LogP contribution in [0.2, 0.25) is 0 Å². The van der Waals surface area contributed by atoms with Crippen molar-refractivity contribution in [3.8, 4) is 11.3 Å². The first kappa shape index (κ1) is 25.5. The van der Waals surface area contributed by atoms with Gasteiger partial charge in [0.05, 0.1) is 22.5 Å². The van der Waals surface area contributed by atoms with Gasteiger partial charge in [-0.3, -0.25) is 14.2 Å². The molecule has 0 saturated heterocycles. The van der Waals surface area contributed by atoms with Crippen molar-refractivity contribution in [3.63, 3.8) is 0 Å². The van der Waals surface area contributed by atoms with E-state index >= 15 is 0 Å². The summed E-state index contributed by atoms with van der Waals surface area (Å²) in [4.78, 5) is 36.4. The molecule has 0 radical (unpaired) electrons. The lowest BCUT2D eigenvalue weighted by Gasteiger charge is -2.10. The predicted molar refractivity (Wildman–Crippen MR) is 127 cm³/mol. The summed E-state index contributed by atoms with van der Waals surface area (Å²) in [6.45, 7) is -0.397. The molecule has 2 heterocycles. The normalized spacial score (nSPS) is 11.6. The molecule has 37 heavy (non-hydrogen) atoms. The highest BCUT2D eigenvalue weighted by Crippen LogP contribution is 2.30. The summed E-state index contributed by atoms with van der Waals surface area (Å²) >= 11 is 0. The first-order valence-electron chi connectivity index (χ1n) is 10.5. The molecule has 2 aromatic heterocycles. The van der Waals surface area contributed by atoms with Crippen molar-refractivity contribution in [2.24, 2.45) is 0 Å². The maximum Gasteiger partial charge on any atom is 0.416 e. The molecule has 0 fully saturated rings. The van der Waals surface area contributed by atoms with Gasteiger partial charge in [0.25, 0.3) is 15.6 Å². The third kappa shape index (κ3) is 6.35. The van der Waals surface area contributed by atoms with Gasteiger partial charge in [-0.1, -0.05) is 12.1 Å². The molecule has 14 heteroatoms. The topological polar surface area (TPSA) is 136 Å². The van der Waals surface area contributed by atoms with Crippen LogP contribution in [0, 0.1) is 0 Å². The van der Waals surface area contributed by atoms with Crippen molar-refractivity contribution in [2.75, 3.05) is 10.0 Å². The van der Waals surface area contributed by atoms with Crippen molar-refractivity contribution in [1.29, 1.82) is 0 Å². The lowest BCUT2D eigenvalue weighted by atomic mass is 10.1. The molecule has 2 N–H and O–H groups in total. The quantitative estimate of drug-likeness (QED) is 0.375. The first-order chi connectivity index (χ1) is 17.5. The van der Waals surface area contributed by atoms with Gasteiger partial charge in [0.1, 0.15) is 6.54 Å². The van der Waals surface area contributed by atoms with Crippen LogP contribution in [-0.4, -0.2) is 33.8 Å². The molecular formula is C23H17F3N6O4S. The van der Waals surface area contributed by atoms with Gasteiger partial charge >= 0.3 is 6.18 Å². The second-order valence-corrected chi connectivity index (χ2v) is 9.25. The van der Waals surface area contributed by atoms with Crippen LogP contribution in [0.15, 0.2) is 89.1 Å². The van der Waals surface area contributed by atoms with E-state index in [1.165, 1.54) is 54.9 Å². The van der Waals surface area contributed by atoms with Crippen LogP contribution in [0.1, 0.15) is 5.56 Å². The fourth-order valence-corrected chi connectivity index (χ4v) is 4.09. The molecular weight excluding hydrogens is 513 g/mol. The number of hydrogen-bond acceptors (Lipinski definition) is 7. The molecule has 4 aromatic rings. The maximum atomic E-state index is 12.7. The summed E-state index contributed by atoms with van der Waals surface area (Å²) in [6, 6.07) is 12.1. The van der Waals surface area contributed by atoms with Crippen molar-refractivity contribution in [2.45, 2.75) is 17.6 Å². The van der Waals surface area contributed by atoms with Crippen LogP contribution < -0.4 is 15.6 Å². The maximum absolute atomic E-state index is 12.7. The Morgan fingerprint density at radius 2 is 1.59 bits per heavy atom. The summed E-state index contributed by atoms with van der Waals surface area (Å²) in [5.41, 5.74) is -0.668. The summed E-state index contributed by atoms with van der Waals surface area (Å²) < 4.78 is 66.3. The lowest BCUT2D eigenvalue weighted by molar-refractivity contribution is -0.137. The average molecular weight is 530 g/mol. The van der Waals surface area contributed by atoms with Gasteiger partial charge in [0.15, 0.2) is 0 Å². The Hall–Kier alpha value is -4.59. The number of nitrogens with zero attached hydrogens (tertiary/aromatic N) is 4. The van der Waals surface area contributed by atoms with Crippen molar-refractivity contribution < 1.29 is 26.4 Å². The number of sulfonamides is 1. The number of halogens is 3. The number of benzene rings is 2. The highest BCUT2D eigenvalue weighted by Gasteiger charge is 2.30. The molecule has 10 nitrogen and oxygen atoms in total. The van der Waals surface area contributed by atoms with Crippen molar-refractivity contribution in [1.82, 2.24) is 19.5 Å². The smallest absolute Gasteiger partial charge is 0.325 e. The van der Waals surface area contributed by atoms with Gasteiger partial charge in [-0.15, -0.1) is 0 Å². The minimum Gasteiger partial charge on any atom is -0.325 e. The van der Waals surface area contributed by atoms with E-state index in [1.807, 2.05) is 0 Å². The van der Waals surface area contributed by atoms with Crippen molar-refractivity contribution >= 4 is 27.6 Å². The van der Waals surface area contributed by atoms with E-state index in [1.54, 1.807) is 0 Å². The third-order valence-electron chi connectivity index (χ3n) is 4.94. The van der Waals surface area contributed by atoms with Crippen LogP contribution in [0.25, 0.3) is 11.3 Å². The third-order valence-corrected chi connectivity index (χ3v) is 6.29. The van der Waals surface area contributed by atoms with Gasteiger partial charge in [0.2, 0.25) is 11.9 Å². The molecule has 0 aliphatic heterocycles. The Kier molecular flexibility index (Phi) is 7.02. The average Bonchev–Trinajstić information content (AvgIpc) is 2.85. The summed E-state index contributed by atoms with van der Waals surface area (Å²) in [5.74, 6) is -0.680. The Morgan fingerprint density at radius 1 is 0.946 bits per heavy atom. The van der Waals surface area contributed by atoms with Gasteiger partial charge in [0, 0.05) is 29.7 Å². The second kappa shape index (κ2) is 10.2. The fourth-order valence-electron chi connectivity index (χ4n) is 3.14. The Morgan fingerprint density at radius 3 is 2.19 bits per heavy atom. The van der Waals surface area contributed by atoms with E-state index in [0.717, 1.165) is 29.1 Å². The number of rotatable bonds is 7. The van der Waals surface area contributed by atoms with Gasteiger partial charge < -0.3 is 5.32 Å². The van der Waals surface area contributed by atoms with Crippen LogP contribution >= 0.6 is 0 Å². The molecule has 190 valence electrons. The standard InChI is InChI=1S/C23H17F3N6O4S/c24-23(25,26)16-4-2-15(3-5-16)19-12-21(34)32(14-29-19)13-20(33)30-17-6-8-18(9-7-17)37(35,36)31-22-27-10-1-11-28-22/h1-12,14H,13H2,(H,30,33)(H,27,28,31). The van der Waals surface area contributed by atoms with Gasteiger partial charge in [-0.25, -0.2) is 28.1 Å². The molecule has 0 spiro atoms. The number of alkyl halides is 3. The largest absolute Gasteiger partial charge is 0.416 e. The number of hydrogen-bond donors (Lipinski definition) is 2. The zero-order valence-corrected chi connectivity index (χ0v) is 19.5. The van der Waals surface area contributed by atoms with Crippen LogP contribution in [0.4, 0.5) is 24.8 Å². The Balaban J connectivity index is 1.40. The van der Waals surface area contributed by atoms with E-state index in [-0.39, 0.29) is 22.2 Å². The van der Waals surface area contributed by atoms with Gasteiger partial charge in [-0.05, 0) is 42.5 Å². The summed E-state index contributed by atoms with van der Waals surface area (Å²) in [5, 5.41) is 2.54.